The molecule has 0 radical (unpaired) electrons. The highest BCUT2D eigenvalue weighted by atomic mass is 35.5. The molecule has 0 N–H and O–H groups in total. The number of oxazole rings is 1. The topological polar surface area (TPSA) is 43.9 Å². The first kappa shape index (κ1) is 10.6. The van der Waals surface area contributed by atoms with Crippen LogP contribution in [0.3, 0.4) is 0 Å². The lowest BCUT2D eigenvalue weighted by Crippen LogP contribution is -1.89. The average Bonchev–Trinajstić information content (AvgIpc) is 2.76. The van der Waals surface area contributed by atoms with Crippen molar-refractivity contribution in [1.82, 2.24) is 14.8 Å². The Hall–Kier alpha value is -0.940. The number of halogens is 1. The van der Waals surface area contributed by atoms with Gasteiger partial charge in [0.25, 0.3) is 5.22 Å². The molecule has 0 amide bonds. The van der Waals surface area contributed by atoms with Crippen molar-refractivity contribution in [3.63, 3.8) is 0 Å². The zero-order chi connectivity index (χ0) is 10.8. The standard InChI is InChI=1S/C9H10ClN3OS/c1-6-7(8(10)13(2)12-6)5-15-9-11-3-4-14-9/h3-4H,5H2,1-2H3. The Morgan fingerprint density at radius 2 is 2.40 bits per heavy atom. The molecule has 0 aromatic carbocycles. The molecular weight excluding hydrogens is 234 g/mol. The van der Waals surface area contributed by atoms with Crippen molar-refractivity contribution in [3.8, 4) is 0 Å². The summed E-state index contributed by atoms with van der Waals surface area (Å²) in [6, 6.07) is 0. The van der Waals surface area contributed by atoms with Crippen molar-refractivity contribution in [2.45, 2.75) is 17.9 Å². The molecule has 0 atom stereocenters. The molecular formula is C9H10ClN3OS. The first-order chi connectivity index (χ1) is 7.18. The molecule has 0 aliphatic heterocycles. The van der Waals surface area contributed by atoms with Gasteiger partial charge in [0.1, 0.15) is 11.4 Å². The van der Waals surface area contributed by atoms with E-state index in [1.165, 1.54) is 11.8 Å². The molecule has 0 bridgehead atoms. The van der Waals surface area contributed by atoms with Gasteiger partial charge in [0, 0.05) is 18.4 Å². The number of hydrogen-bond acceptors (Lipinski definition) is 4. The second kappa shape index (κ2) is 4.28. The zero-order valence-corrected chi connectivity index (χ0v) is 9.97. The van der Waals surface area contributed by atoms with Gasteiger partial charge in [-0.15, -0.1) is 0 Å². The third kappa shape index (κ3) is 2.18. The van der Waals surface area contributed by atoms with Crippen molar-refractivity contribution in [1.29, 1.82) is 0 Å². The Kier molecular flexibility index (Phi) is 3.02. The van der Waals surface area contributed by atoms with Crippen LogP contribution in [0.1, 0.15) is 11.3 Å². The number of thioether (sulfide) groups is 1. The van der Waals surface area contributed by atoms with Crippen molar-refractivity contribution in [3.05, 3.63) is 28.9 Å². The molecule has 0 unspecified atom stereocenters. The molecule has 80 valence electrons. The lowest BCUT2D eigenvalue weighted by atomic mass is 10.3. The maximum atomic E-state index is 6.09. The Bertz CT molecular complexity index is 452. The van der Waals surface area contributed by atoms with Gasteiger partial charge >= 0.3 is 0 Å². The largest absolute Gasteiger partial charge is 0.440 e. The van der Waals surface area contributed by atoms with Gasteiger partial charge in [-0.2, -0.15) is 5.10 Å². The first-order valence-corrected chi connectivity index (χ1v) is 5.75. The predicted molar refractivity (Wildman–Crippen MR) is 59.0 cm³/mol. The van der Waals surface area contributed by atoms with E-state index in [0.29, 0.717) is 10.4 Å². The van der Waals surface area contributed by atoms with E-state index in [-0.39, 0.29) is 0 Å². The van der Waals surface area contributed by atoms with E-state index in [2.05, 4.69) is 10.1 Å². The minimum absolute atomic E-state index is 0.648. The lowest BCUT2D eigenvalue weighted by Gasteiger charge is -1.97. The summed E-state index contributed by atoms with van der Waals surface area (Å²) < 4.78 is 6.79. The SMILES string of the molecule is Cc1nn(C)c(Cl)c1CSc1ncco1. The molecule has 2 rings (SSSR count). The highest BCUT2D eigenvalue weighted by Gasteiger charge is 2.12. The molecule has 2 aromatic heterocycles. The Labute approximate surface area is 96.6 Å². The van der Waals surface area contributed by atoms with E-state index in [1.54, 1.807) is 17.1 Å². The van der Waals surface area contributed by atoms with Gasteiger partial charge in [-0.1, -0.05) is 23.4 Å². The van der Waals surface area contributed by atoms with Gasteiger partial charge in [-0.3, -0.25) is 4.68 Å². The molecule has 0 saturated carbocycles. The number of aryl methyl sites for hydroxylation is 2. The second-order valence-electron chi connectivity index (χ2n) is 3.07. The van der Waals surface area contributed by atoms with Crippen LogP contribution in [0.25, 0.3) is 0 Å². The fourth-order valence-electron chi connectivity index (χ4n) is 1.25. The van der Waals surface area contributed by atoms with Crippen molar-refractivity contribution in [2.75, 3.05) is 0 Å². The molecule has 2 aromatic rings. The summed E-state index contributed by atoms with van der Waals surface area (Å²) in [5.41, 5.74) is 1.98. The first-order valence-electron chi connectivity index (χ1n) is 4.38. The Morgan fingerprint density at radius 3 is 2.93 bits per heavy atom. The number of hydrogen-bond donors (Lipinski definition) is 0. The molecule has 6 heteroatoms. The smallest absolute Gasteiger partial charge is 0.255 e. The summed E-state index contributed by atoms with van der Waals surface area (Å²) in [7, 11) is 1.83. The van der Waals surface area contributed by atoms with Crippen LogP contribution in [0, 0.1) is 6.92 Å². The van der Waals surface area contributed by atoms with Crippen LogP contribution in [0.15, 0.2) is 22.1 Å². The number of aromatic nitrogens is 3. The minimum Gasteiger partial charge on any atom is -0.440 e. The van der Waals surface area contributed by atoms with Crippen LogP contribution >= 0.6 is 23.4 Å². The maximum Gasteiger partial charge on any atom is 0.255 e. The summed E-state index contributed by atoms with van der Waals surface area (Å²) in [5, 5.41) is 5.55. The van der Waals surface area contributed by atoms with Crippen molar-refractivity contribution in [2.24, 2.45) is 7.05 Å². The van der Waals surface area contributed by atoms with Gasteiger partial charge in [-0.05, 0) is 6.92 Å². The zero-order valence-electron chi connectivity index (χ0n) is 8.40. The summed E-state index contributed by atoms with van der Waals surface area (Å²) >= 11 is 7.60. The van der Waals surface area contributed by atoms with Crippen LogP contribution in [0.4, 0.5) is 0 Å². The van der Waals surface area contributed by atoms with Crippen LogP contribution < -0.4 is 0 Å². The van der Waals surface area contributed by atoms with Crippen molar-refractivity contribution < 1.29 is 4.42 Å². The highest BCUT2D eigenvalue weighted by molar-refractivity contribution is 7.98. The molecule has 4 nitrogen and oxygen atoms in total. The highest BCUT2D eigenvalue weighted by Crippen LogP contribution is 2.27. The predicted octanol–water partition coefficient (Wildman–Crippen LogP) is 2.66. The van der Waals surface area contributed by atoms with E-state index in [9.17, 15) is 0 Å². The monoisotopic (exact) mass is 243 g/mol. The van der Waals surface area contributed by atoms with E-state index >= 15 is 0 Å². The minimum atomic E-state index is 0.648. The van der Waals surface area contributed by atoms with E-state index in [4.69, 9.17) is 16.0 Å². The van der Waals surface area contributed by atoms with Gasteiger partial charge in [0.2, 0.25) is 0 Å². The molecule has 0 aliphatic rings. The van der Waals surface area contributed by atoms with Crippen molar-refractivity contribution >= 4 is 23.4 Å². The maximum absolute atomic E-state index is 6.09. The molecule has 2 heterocycles. The summed E-state index contributed by atoms with van der Waals surface area (Å²) in [6.07, 6.45) is 3.18. The van der Waals surface area contributed by atoms with Crippen LogP contribution in [-0.4, -0.2) is 14.8 Å². The van der Waals surface area contributed by atoms with Gasteiger partial charge in [-0.25, -0.2) is 4.98 Å². The average molecular weight is 244 g/mol. The third-order valence-corrected chi connectivity index (χ3v) is 3.37. The second-order valence-corrected chi connectivity index (χ2v) is 4.35. The number of rotatable bonds is 3. The normalized spacial score (nSPS) is 10.9. The lowest BCUT2D eigenvalue weighted by molar-refractivity contribution is 0.454. The summed E-state index contributed by atoms with van der Waals surface area (Å²) in [4.78, 5) is 4.02. The number of nitrogens with zero attached hydrogens (tertiary/aromatic N) is 3. The van der Waals surface area contributed by atoms with Gasteiger partial charge < -0.3 is 4.42 Å². The van der Waals surface area contributed by atoms with Gasteiger partial charge in [0.05, 0.1) is 11.9 Å². The summed E-state index contributed by atoms with van der Waals surface area (Å²) in [6.45, 7) is 1.94. The van der Waals surface area contributed by atoms with Crippen LogP contribution in [0.5, 0.6) is 0 Å². The summed E-state index contributed by atoms with van der Waals surface area (Å²) in [5.74, 6) is 0.721. The molecule has 15 heavy (non-hydrogen) atoms. The molecule has 0 aliphatic carbocycles. The van der Waals surface area contributed by atoms with Gasteiger partial charge in [0.15, 0.2) is 0 Å². The molecule has 0 fully saturated rings. The van der Waals surface area contributed by atoms with Crippen LogP contribution in [0.2, 0.25) is 5.15 Å². The van der Waals surface area contributed by atoms with Crippen LogP contribution in [-0.2, 0) is 12.8 Å². The van der Waals surface area contributed by atoms with E-state index < -0.39 is 0 Å². The quantitative estimate of drug-likeness (QED) is 0.778. The fraction of sp³-hybridized carbons (Fsp3) is 0.333. The third-order valence-electron chi connectivity index (χ3n) is 2.02. The molecule has 0 saturated heterocycles. The Morgan fingerprint density at radius 1 is 1.60 bits per heavy atom. The Balaban J connectivity index is 2.11. The fourth-order valence-corrected chi connectivity index (χ4v) is 2.45. The molecule has 0 spiro atoms. The van der Waals surface area contributed by atoms with E-state index in [0.717, 1.165) is 17.0 Å². The van der Waals surface area contributed by atoms with E-state index in [1.807, 2.05) is 14.0 Å².